The number of nitrogens with one attached hydrogen (secondary N) is 1. The molecule has 1 aliphatic carbocycles. The molecule has 96 valence electrons. The van der Waals surface area contributed by atoms with Gasteiger partial charge in [0.05, 0.1) is 0 Å². The Morgan fingerprint density at radius 2 is 1.82 bits per heavy atom. The second kappa shape index (κ2) is 4.00. The minimum absolute atomic E-state index is 0.0172. The predicted octanol–water partition coefficient (Wildman–Crippen LogP) is 1.30. The molecule has 0 aromatic heterocycles. The van der Waals surface area contributed by atoms with Crippen LogP contribution in [0.25, 0.3) is 0 Å². The van der Waals surface area contributed by atoms with Crippen LogP contribution in [0.2, 0.25) is 0 Å². The molecule has 1 aliphatic heterocycles. The van der Waals surface area contributed by atoms with E-state index in [1.54, 1.807) is 0 Å². The molecule has 2 atom stereocenters. The first-order valence-electron chi connectivity index (χ1n) is 6.45. The smallest absolute Gasteiger partial charge is 0.246 e. The number of amides is 2. The van der Waals surface area contributed by atoms with Crippen molar-refractivity contribution in [2.75, 3.05) is 0 Å². The van der Waals surface area contributed by atoms with Gasteiger partial charge in [-0.1, -0.05) is 20.8 Å². The minimum Gasteiger partial charge on any atom is -0.342 e. The summed E-state index contributed by atoms with van der Waals surface area (Å²) in [5.74, 6) is 0.0747. The molecule has 1 saturated carbocycles. The number of carbonyl (C=O) groups excluding carboxylic acids is 2. The van der Waals surface area contributed by atoms with Gasteiger partial charge in [0.25, 0.3) is 0 Å². The van der Waals surface area contributed by atoms with Crippen LogP contribution < -0.4 is 5.32 Å². The Morgan fingerprint density at radius 3 is 2.24 bits per heavy atom. The molecule has 4 heteroatoms. The van der Waals surface area contributed by atoms with Crippen molar-refractivity contribution in [1.29, 1.82) is 0 Å². The highest BCUT2D eigenvalue weighted by Gasteiger charge is 2.46. The Labute approximate surface area is 103 Å². The molecule has 2 aliphatic rings. The summed E-state index contributed by atoms with van der Waals surface area (Å²) in [5, 5.41) is 2.86. The van der Waals surface area contributed by atoms with Crippen LogP contribution in [0.5, 0.6) is 0 Å². The van der Waals surface area contributed by atoms with E-state index in [2.05, 4.69) is 5.32 Å². The Balaban J connectivity index is 2.24. The lowest BCUT2D eigenvalue weighted by atomic mass is 9.81. The van der Waals surface area contributed by atoms with Gasteiger partial charge in [-0.15, -0.1) is 0 Å². The van der Waals surface area contributed by atoms with Crippen LogP contribution in [0, 0.1) is 5.41 Å². The molecule has 17 heavy (non-hydrogen) atoms. The van der Waals surface area contributed by atoms with Crippen molar-refractivity contribution in [3.8, 4) is 0 Å². The Kier molecular flexibility index (Phi) is 2.92. The van der Waals surface area contributed by atoms with E-state index in [-0.39, 0.29) is 35.4 Å². The number of rotatable bonds is 1. The van der Waals surface area contributed by atoms with E-state index in [1.165, 1.54) is 6.42 Å². The quantitative estimate of drug-likeness (QED) is 0.748. The maximum absolute atomic E-state index is 12.5. The zero-order valence-corrected chi connectivity index (χ0v) is 11.1. The van der Waals surface area contributed by atoms with Crippen molar-refractivity contribution in [1.82, 2.24) is 10.2 Å². The lowest BCUT2D eigenvalue weighted by molar-refractivity contribution is -0.156. The van der Waals surface area contributed by atoms with Gasteiger partial charge in [0.2, 0.25) is 11.8 Å². The first kappa shape index (κ1) is 12.4. The second-order valence-electron chi connectivity index (χ2n) is 6.31. The zero-order chi connectivity index (χ0) is 12.8. The van der Waals surface area contributed by atoms with Gasteiger partial charge in [-0.05, 0) is 31.6 Å². The van der Waals surface area contributed by atoms with Crippen LogP contribution in [0.4, 0.5) is 0 Å². The van der Waals surface area contributed by atoms with Crippen LogP contribution in [-0.2, 0) is 9.59 Å². The summed E-state index contributed by atoms with van der Waals surface area (Å²) in [7, 11) is 0. The third-order valence-corrected chi connectivity index (χ3v) is 3.92. The van der Waals surface area contributed by atoms with Crippen LogP contribution in [0.3, 0.4) is 0 Å². The zero-order valence-electron chi connectivity index (χ0n) is 11.1. The van der Waals surface area contributed by atoms with Crippen molar-refractivity contribution < 1.29 is 9.59 Å². The molecule has 0 spiro atoms. The minimum atomic E-state index is -0.383. The molecule has 2 unspecified atom stereocenters. The summed E-state index contributed by atoms with van der Waals surface area (Å²) in [6.45, 7) is 7.80. The molecule has 1 N–H and O–H groups in total. The lowest BCUT2D eigenvalue weighted by Gasteiger charge is -2.48. The van der Waals surface area contributed by atoms with Gasteiger partial charge in [0.15, 0.2) is 0 Å². The average molecular weight is 238 g/mol. The number of hydrogen-bond acceptors (Lipinski definition) is 2. The maximum atomic E-state index is 12.5. The maximum Gasteiger partial charge on any atom is 0.246 e. The number of carbonyl (C=O) groups is 2. The summed E-state index contributed by atoms with van der Waals surface area (Å²) < 4.78 is 0. The van der Waals surface area contributed by atoms with E-state index in [0.29, 0.717) is 0 Å². The highest BCUT2D eigenvalue weighted by atomic mass is 16.2. The largest absolute Gasteiger partial charge is 0.342 e. The van der Waals surface area contributed by atoms with Crippen molar-refractivity contribution in [2.45, 2.75) is 65.1 Å². The van der Waals surface area contributed by atoms with Gasteiger partial charge in [-0.2, -0.15) is 0 Å². The van der Waals surface area contributed by atoms with Gasteiger partial charge in [0.1, 0.15) is 12.1 Å². The van der Waals surface area contributed by atoms with E-state index in [1.807, 2.05) is 32.6 Å². The molecule has 2 rings (SSSR count). The summed E-state index contributed by atoms with van der Waals surface area (Å²) in [6.07, 6.45) is 3.25. The Morgan fingerprint density at radius 1 is 1.24 bits per heavy atom. The number of piperazine rings is 1. The molecule has 2 amide bonds. The van der Waals surface area contributed by atoms with E-state index in [9.17, 15) is 9.59 Å². The molecular formula is C13H22N2O2. The van der Waals surface area contributed by atoms with Crippen molar-refractivity contribution in [3.05, 3.63) is 0 Å². The van der Waals surface area contributed by atoms with Crippen LogP contribution >= 0.6 is 0 Å². The van der Waals surface area contributed by atoms with Crippen molar-refractivity contribution >= 4 is 11.8 Å². The predicted molar refractivity (Wildman–Crippen MR) is 65.3 cm³/mol. The summed E-state index contributed by atoms with van der Waals surface area (Å²) >= 11 is 0. The monoisotopic (exact) mass is 238 g/mol. The molecule has 0 radical (unpaired) electrons. The lowest BCUT2D eigenvalue weighted by Crippen LogP contribution is -2.68. The van der Waals surface area contributed by atoms with Crippen LogP contribution in [-0.4, -0.2) is 34.8 Å². The van der Waals surface area contributed by atoms with Gasteiger partial charge in [-0.25, -0.2) is 0 Å². The fourth-order valence-electron chi connectivity index (χ4n) is 2.54. The summed E-state index contributed by atoms with van der Waals surface area (Å²) in [4.78, 5) is 26.2. The molecule has 0 aromatic carbocycles. The SMILES string of the molecule is CC1C(=O)NC(C(C)(C)C)C(=O)N1C1CCC1. The van der Waals surface area contributed by atoms with Crippen LogP contribution in [0.1, 0.15) is 47.0 Å². The average Bonchev–Trinajstić information content (AvgIpc) is 2.13. The third kappa shape index (κ3) is 2.05. The Bertz CT molecular complexity index is 342. The van der Waals surface area contributed by atoms with Gasteiger partial charge < -0.3 is 10.2 Å². The third-order valence-electron chi connectivity index (χ3n) is 3.92. The van der Waals surface area contributed by atoms with E-state index >= 15 is 0 Å². The first-order valence-corrected chi connectivity index (χ1v) is 6.45. The van der Waals surface area contributed by atoms with Crippen LogP contribution in [0.15, 0.2) is 0 Å². The van der Waals surface area contributed by atoms with Crippen molar-refractivity contribution in [3.63, 3.8) is 0 Å². The second-order valence-corrected chi connectivity index (χ2v) is 6.31. The normalized spacial score (nSPS) is 31.2. The topological polar surface area (TPSA) is 49.4 Å². The fraction of sp³-hybridized carbons (Fsp3) is 0.846. The van der Waals surface area contributed by atoms with Gasteiger partial charge >= 0.3 is 0 Å². The number of nitrogens with zero attached hydrogens (tertiary/aromatic N) is 1. The highest BCUT2D eigenvalue weighted by Crippen LogP contribution is 2.32. The molecule has 0 aromatic rings. The summed E-state index contributed by atoms with van der Waals surface area (Å²) in [6, 6.07) is -0.411. The molecule has 1 heterocycles. The van der Waals surface area contributed by atoms with E-state index < -0.39 is 0 Å². The fourth-order valence-corrected chi connectivity index (χ4v) is 2.54. The first-order chi connectivity index (χ1) is 7.82. The standard InChI is InChI=1S/C13H22N2O2/c1-8-11(16)14-10(13(2,3)4)12(17)15(8)9-6-5-7-9/h8-10H,5-7H2,1-4H3,(H,14,16). The molecule has 4 nitrogen and oxygen atoms in total. The van der Waals surface area contributed by atoms with Gasteiger partial charge in [-0.3, -0.25) is 9.59 Å². The van der Waals surface area contributed by atoms with E-state index in [0.717, 1.165) is 12.8 Å². The molecule has 1 saturated heterocycles. The molecule has 0 bridgehead atoms. The summed E-state index contributed by atoms with van der Waals surface area (Å²) in [5.41, 5.74) is -0.227. The van der Waals surface area contributed by atoms with E-state index in [4.69, 9.17) is 0 Å². The molecule has 2 fully saturated rings. The number of hydrogen-bond donors (Lipinski definition) is 1. The molecular weight excluding hydrogens is 216 g/mol. The van der Waals surface area contributed by atoms with Crippen molar-refractivity contribution in [2.24, 2.45) is 5.41 Å². The Hall–Kier alpha value is -1.06. The van der Waals surface area contributed by atoms with Gasteiger partial charge in [0, 0.05) is 6.04 Å². The highest BCUT2D eigenvalue weighted by molar-refractivity contribution is 5.97.